The lowest BCUT2D eigenvalue weighted by Gasteiger charge is -2.31. The highest BCUT2D eigenvalue weighted by Crippen LogP contribution is 2.29. The molecule has 0 aliphatic heterocycles. The Bertz CT molecular complexity index is 1490. The molecule has 0 aliphatic rings. The summed E-state index contributed by atoms with van der Waals surface area (Å²) in [5.41, 5.74) is 2.01. The standard InChI is InChI=1S/C26H21FN6O3/c27-19-5-3-6-20(15-19)33(24(34)17-32-23-9-2-1-8-22(23)30-31-32)25(18-10-12-28-13-11-18)26(35)29-16-21-7-4-14-36-21/h1-15,25H,16-17H2,(H,29,35)/t25-/m1/s1. The molecule has 1 atom stereocenters. The molecule has 2 amide bonds. The highest BCUT2D eigenvalue weighted by atomic mass is 19.1. The number of nitrogens with zero attached hydrogens (tertiary/aromatic N) is 5. The number of carbonyl (C=O) groups excluding carboxylic acids is 2. The van der Waals surface area contributed by atoms with Crippen molar-refractivity contribution < 1.29 is 18.4 Å². The van der Waals surface area contributed by atoms with E-state index < -0.39 is 23.7 Å². The number of halogens is 1. The fraction of sp³-hybridized carbons (Fsp3) is 0.115. The van der Waals surface area contributed by atoms with E-state index in [0.717, 1.165) is 0 Å². The summed E-state index contributed by atoms with van der Waals surface area (Å²) in [6, 6.07) is 18.4. The van der Waals surface area contributed by atoms with Crippen LogP contribution < -0.4 is 10.2 Å². The molecule has 180 valence electrons. The molecule has 3 heterocycles. The van der Waals surface area contributed by atoms with Gasteiger partial charge >= 0.3 is 0 Å². The third kappa shape index (κ3) is 4.83. The van der Waals surface area contributed by atoms with E-state index in [2.05, 4.69) is 20.6 Å². The molecule has 0 saturated carbocycles. The second kappa shape index (κ2) is 10.2. The summed E-state index contributed by atoms with van der Waals surface area (Å²) in [6.07, 6.45) is 4.56. The lowest BCUT2D eigenvalue weighted by Crippen LogP contribution is -2.45. The molecule has 0 fully saturated rings. The van der Waals surface area contributed by atoms with Crippen LogP contribution in [0.3, 0.4) is 0 Å². The first-order valence-electron chi connectivity index (χ1n) is 11.2. The summed E-state index contributed by atoms with van der Waals surface area (Å²) >= 11 is 0. The average molecular weight is 484 g/mol. The first-order valence-corrected chi connectivity index (χ1v) is 11.2. The molecule has 0 radical (unpaired) electrons. The molecule has 5 aromatic rings. The van der Waals surface area contributed by atoms with E-state index in [1.165, 1.54) is 46.4 Å². The van der Waals surface area contributed by atoms with Crippen LogP contribution >= 0.6 is 0 Å². The molecule has 5 rings (SSSR count). The maximum Gasteiger partial charge on any atom is 0.249 e. The number of furan rings is 1. The Morgan fingerprint density at radius 2 is 1.86 bits per heavy atom. The summed E-state index contributed by atoms with van der Waals surface area (Å²) < 4.78 is 21.1. The van der Waals surface area contributed by atoms with Crippen molar-refractivity contribution >= 4 is 28.5 Å². The predicted molar refractivity (Wildman–Crippen MR) is 129 cm³/mol. The van der Waals surface area contributed by atoms with Gasteiger partial charge in [0.2, 0.25) is 11.8 Å². The quantitative estimate of drug-likeness (QED) is 0.360. The van der Waals surface area contributed by atoms with Crippen LogP contribution in [0.1, 0.15) is 17.4 Å². The molecule has 36 heavy (non-hydrogen) atoms. The molecule has 0 bridgehead atoms. The van der Waals surface area contributed by atoms with E-state index in [1.807, 2.05) is 12.1 Å². The summed E-state index contributed by atoms with van der Waals surface area (Å²) in [5.74, 6) is -0.944. The van der Waals surface area contributed by atoms with Gasteiger partial charge in [0.15, 0.2) is 0 Å². The van der Waals surface area contributed by atoms with Gasteiger partial charge in [-0.1, -0.05) is 23.4 Å². The zero-order valence-corrected chi connectivity index (χ0v) is 19.0. The highest BCUT2D eigenvalue weighted by Gasteiger charge is 2.33. The Morgan fingerprint density at radius 1 is 1.03 bits per heavy atom. The summed E-state index contributed by atoms with van der Waals surface area (Å²) in [4.78, 5) is 32.7. The lowest BCUT2D eigenvalue weighted by atomic mass is 10.0. The number of hydrogen-bond donors (Lipinski definition) is 1. The van der Waals surface area contributed by atoms with Gasteiger partial charge in [-0.2, -0.15) is 0 Å². The number of amides is 2. The molecular formula is C26H21FN6O3. The van der Waals surface area contributed by atoms with E-state index in [4.69, 9.17) is 4.42 Å². The first-order chi connectivity index (χ1) is 17.6. The molecule has 9 nitrogen and oxygen atoms in total. The maximum atomic E-state index is 14.3. The van der Waals surface area contributed by atoms with E-state index >= 15 is 0 Å². The fourth-order valence-electron chi connectivity index (χ4n) is 3.95. The minimum absolute atomic E-state index is 0.117. The van der Waals surface area contributed by atoms with Crippen LogP contribution in [-0.4, -0.2) is 31.8 Å². The van der Waals surface area contributed by atoms with Gasteiger partial charge in [-0.05, 0) is 60.2 Å². The van der Waals surface area contributed by atoms with Gasteiger partial charge in [-0.3, -0.25) is 19.5 Å². The Kier molecular flexibility index (Phi) is 6.48. The predicted octanol–water partition coefficient (Wildman–Crippen LogP) is 3.65. The molecule has 0 spiro atoms. The van der Waals surface area contributed by atoms with Gasteiger partial charge < -0.3 is 9.73 Å². The third-order valence-electron chi connectivity index (χ3n) is 5.61. The normalized spacial score (nSPS) is 11.8. The Balaban J connectivity index is 1.54. The number of hydrogen-bond acceptors (Lipinski definition) is 6. The van der Waals surface area contributed by atoms with Gasteiger partial charge in [0.05, 0.1) is 18.3 Å². The number of rotatable bonds is 8. The second-order valence-electron chi connectivity index (χ2n) is 7.96. The van der Waals surface area contributed by atoms with Crippen molar-refractivity contribution in [3.63, 3.8) is 0 Å². The van der Waals surface area contributed by atoms with Gasteiger partial charge in [0.25, 0.3) is 0 Å². The Morgan fingerprint density at radius 3 is 2.64 bits per heavy atom. The van der Waals surface area contributed by atoms with Crippen molar-refractivity contribution in [3.8, 4) is 0 Å². The van der Waals surface area contributed by atoms with E-state index in [1.54, 1.807) is 42.5 Å². The lowest BCUT2D eigenvalue weighted by molar-refractivity contribution is -0.127. The topological polar surface area (TPSA) is 106 Å². The number of nitrogens with one attached hydrogen (secondary N) is 1. The van der Waals surface area contributed by atoms with Crippen molar-refractivity contribution in [1.29, 1.82) is 0 Å². The number of benzene rings is 2. The maximum absolute atomic E-state index is 14.3. The third-order valence-corrected chi connectivity index (χ3v) is 5.61. The number of para-hydroxylation sites is 1. The van der Waals surface area contributed by atoms with Crippen LogP contribution in [0.15, 0.2) is 95.9 Å². The molecule has 3 aromatic heterocycles. The number of fused-ring (bicyclic) bond motifs is 1. The molecule has 10 heteroatoms. The number of anilines is 1. The Labute approximate surface area is 205 Å². The van der Waals surface area contributed by atoms with E-state index in [0.29, 0.717) is 22.4 Å². The number of pyridine rings is 1. The zero-order chi connectivity index (χ0) is 24.9. The van der Waals surface area contributed by atoms with Gasteiger partial charge in [0.1, 0.15) is 29.7 Å². The second-order valence-corrected chi connectivity index (χ2v) is 7.96. The summed E-state index contributed by atoms with van der Waals surface area (Å²) in [5, 5.41) is 11.0. The van der Waals surface area contributed by atoms with Crippen LogP contribution in [0.25, 0.3) is 11.0 Å². The smallest absolute Gasteiger partial charge is 0.249 e. The molecule has 1 N–H and O–H groups in total. The van der Waals surface area contributed by atoms with Crippen molar-refractivity contribution in [2.45, 2.75) is 19.1 Å². The van der Waals surface area contributed by atoms with Crippen molar-refractivity contribution in [1.82, 2.24) is 25.3 Å². The van der Waals surface area contributed by atoms with Crippen molar-refractivity contribution in [2.75, 3.05) is 4.90 Å². The van der Waals surface area contributed by atoms with Gasteiger partial charge in [-0.15, -0.1) is 5.10 Å². The van der Waals surface area contributed by atoms with Crippen LogP contribution in [0.4, 0.5) is 10.1 Å². The SMILES string of the molecule is O=C(NCc1ccco1)[C@@H](c1ccncc1)N(C(=O)Cn1nnc2ccccc21)c1cccc(F)c1. The highest BCUT2D eigenvalue weighted by molar-refractivity contribution is 6.01. The van der Waals surface area contributed by atoms with E-state index in [9.17, 15) is 14.0 Å². The fourth-order valence-corrected chi connectivity index (χ4v) is 3.95. The van der Waals surface area contributed by atoms with Crippen LogP contribution in [0.2, 0.25) is 0 Å². The van der Waals surface area contributed by atoms with Gasteiger partial charge in [-0.25, -0.2) is 9.07 Å². The molecule has 0 aliphatic carbocycles. The number of carbonyl (C=O) groups is 2. The largest absolute Gasteiger partial charge is 0.467 e. The summed E-state index contributed by atoms with van der Waals surface area (Å²) in [6.45, 7) is -0.101. The molecule has 2 aromatic carbocycles. The first kappa shape index (κ1) is 22.9. The van der Waals surface area contributed by atoms with Crippen LogP contribution in [0.5, 0.6) is 0 Å². The van der Waals surface area contributed by atoms with Crippen molar-refractivity contribution in [2.24, 2.45) is 0 Å². The minimum atomic E-state index is -1.12. The Hall–Kier alpha value is -4.86. The molecular weight excluding hydrogens is 463 g/mol. The minimum Gasteiger partial charge on any atom is -0.467 e. The van der Waals surface area contributed by atoms with Crippen molar-refractivity contribution in [3.05, 3.63) is 109 Å². The summed E-state index contributed by atoms with van der Waals surface area (Å²) in [7, 11) is 0. The van der Waals surface area contributed by atoms with Crippen LogP contribution in [-0.2, 0) is 22.7 Å². The zero-order valence-electron chi connectivity index (χ0n) is 19.0. The molecule has 0 saturated heterocycles. The van der Waals surface area contributed by atoms with Crippen LogP contribution in [0, 0.1) is 5.82 Å². The average Bonchev–Trinajstić information content (AvgIpc) is 3.56. The number of aromatic nitrogens is 4. The monoisotopic (exact) mass is 484 g/mol. The molecule has 0 unspecified atom stereocenters. The van der Waals surface area contributed by atoms with E-state index in [-0.39, 0.29) is 18.8 Å². The van der Waals surface area contributed by atoms with Gasteiger partial charge in [0, 0.05) is 18.1 Å².